The number of amides is 6. The van der Waals surface area contributed by atoms with Crippen LogP contribution in [-0.2, 0) is 171 Å². The second-order valence-corrected chi connectivity index (χ2v) is 25.7. The summed E-state index contributed by atoms with van der Waals surface area (Å²) < 4.78 is 111. The fraction of sp³-hybridized carbons (Fsp3) is 0.763. The van der Waals surface area contributed by atoms with E-state index in [0.29, 0.717) is 57.9 Å². The molecule has 0 bridgehead atoms. The number of esters is 12. The maximum Gasteiger partial charge on any atom is 0.407 e. The molecule has 49 nitrogen and oxygen atoms in total. The van der Waals surface area contributed by atoms with Gasteiger partial charge in [-0.25, -0.2) is 76.7 Å². The van der Waals surface area contributed by atoms with Crippen molar-refractivity contribution in [1.29, 1.82) is 0 Å². The van der Waals surface area contributed by atoms with Crippen LogP contribution in [0.3, 0.4) is 0 Å². The van der Waals surface area contributed by atoms with Gasteiger partial charge in [0.15, 0.2) is 0 Å². The third kappa shape index (κ3) is 76.7. The summed E-state index contributed by atoms with van der Waals surface area (Å²) >= 11 is 0. The molecular formula is C76H127N9O40. The van der Waals surface area contributed by atoms with Crippen molar-refractivity contribution in [3.05, 3.63) is 0 Å². The molecule has 125 heavy (non-hydrogen) atoms. The fourth-order valence-electron chi connectivity index (χ4n) is 8.77. The Kier molecular flexibility index (Phi) is 73.5. The van der Waals surface area contributed by atoms with Crippen LogP contribution in [0.15, 0.2) is 0 Å². The molecule has 0 saturated carbocycles. The number of alkyl carbamates (subject to hydrolysis) is 4. The van der Waals surface area contributed by atoms with E-state index in [2.05, 4.69) is 31.9 Å². The first kappa shape index (κ1) is 114. The molecular weight excluding hydrogens is 1680 g/mol. The first-order valence-electron chi connectivity index (χ1n) is 41.0. The molecule has 0 aromatic rings. The summed E-state index contributed by atoms with van der Waals surface area (Å²) in [5.41, 5.74) is 0. The Morgan fingerprint density at radius 3 is 0.520 bits per heavy atom. The molecule has 49 heteroatoms. The van der Waals surface area contributed by atoms with Gasteiger partial charge in [-0.2, -0.15) is 0 Å². The molecule has 0 rings (SSSR count). The van der Waals surface area contributed by atoms with Crippen molar-refractivity contribution in [2.45, 2.75) is 98.8 Å². The average Bonchev–Trinajstić information content (AvgIpc) is 0.949. The van der Waals surface area contributed by atoms with Crippen molar-refractivity contribution < 1.29 is 191 Å². The maximum absolute atomic E-state index is 13.0. The molecule has 6 amide bonds. The van der Waals surface area contributed by atoms with Crippen molar-refractivity contribution in [1.82, 2.24) is 46.6 Å². The van der Waals surface area contributed by atoms with Gasteiger partial charge in [0, 0.05) is 78.5 Å². The minimum atomic E-state index is -0.853. The summed E-state index contributed by atoms with van der Waals surface area (Å²) in [6.07, 6.45) is 1.73. The minimum absolute atomic E-state index is 0.0323. The normalized spacial score (nSPS) is 10.7. The summed E-state index contributed by atoms with van der Waals surface area (Å²) in [6, 6.07) is 0. The van der Waals surface area contributed by atoms with Gasteiger partial charge in [-0.1, -0.05) is 34.6 Å². The van der Waals surface area contributed by atoms with Gasteiger partial charge in [-0.15, -0.1) is 0 Å². The number of hydrogen-bond donors (Lipinski definition) is 6. The monoisotopic (exact) mass is 1810 g/mol. The van der Waals surface area contributed by atoms with E-state index < -0.39 is 187 Å². The summed E-state index contributed by atoms with van der Waals surface area (Å²) in [5, 5.41) is 15.3. The highest BCUT2D eigenvalue weighted by Crippen LogP contribution is 2.01. The number of rotatable bonds is 79. The number of carbonyl (C=O) groups is 18. The standard InChI is InChI=1S/C76H127N9O40/c1-6-29-122-73(100)79-19-13-35-112-63(90)49-106-55-69(96)118-41-25-84(26-42-119-70(97)56-107-50-64(91)113-36-14-20-80-74(101)123-30-7-2)45-59(86)77-17-11-33-110-61(88)47-104-53-67(94)116-39-23-83(10-5)24-40-117-68(95)54-105-48-62(89)111-34-12-18-78-60(87)46-85(27-43-120-71(98)57-108-51-65(92)114-37-15-21-81-75(102)124-31-8-3)28-44-121-72(99)58-109-52-66(93)115-38-16-22-82-76(103)125-32-9-4/h6-58H2,1-5H3,(H,77,86)(H,78,87)(H,79,100)(H,80,101)(H,81,102)(H,82,103). The lowest BCUT2D eigenvalue weighted by molar-refractivity contribution is -0.158. The number of carbonyl (C=O) groups excluding carboxylic acids is 18. The van der Waals surface area contributed by atoms with Crippen LogP contribution in [0, 0.1) is 0 Å². The van der Waals surface area contributed by atoms with E-state index in [9.17, 15) is 86.3 Å². The first-order chi connectivity index (χ1) is 60.3. The van der Waals surface area contributed by atoms with E-state index >= 15 is 0 Å². The van der Waals surface area contributed by atoms with Crippen LogP contribution in [-0.4, -0.2) is 406 Å². The van der Waals surface area contributed by atoms with Gasteiger partial charge in [0.05, 0.1) is 79.2 Å². The van der Waals surface area contributed by atoms with Crippen LogP contribution in [0.4, 0.5) is 19.2 Å². The predicted octanol–water partition coefficient (Wildman–Crippen LogP) is -2.35. The van der Waals surface area contributed by atoms with E-state index in [1.54, 1.807) is 4.90 Å². The van der Waals surface area contributed by atoms with Crippen LogP contribution in [0.5, 0.6) is 0 Å². The zero-order valence-electron chi connectivity index (χ0n) is 72.1. The molecule has 0 atom stereocenters. The van der Waals surface area contributed by atoms with E-state index in [1.807, 2.05) is 34.6 Å². The van der Waals surface area contributed by atoms with Crippen molar-refractivity contribution in [2.24, 2.45) is 0 Å². The lowest BCUT2D eigenvalue weighted by Gasteiger charge is -2.21. The van der Waals surface area contributed by atoms with Crippen molar-refractivity contribution >= 4 is 108 Å². The van der Waals surface area contributed by atoms with Crippen LogP contribution < -0.4 is 31.9 Å². The highest BCUT2D eigenvalue weighted by atomic mass is 16.6. The zero-order valence-corrected chi connectivity index (χ0v) is 72.1. The van der Waals surface area contributed by atoms with Crippen LogP contribution in [0.2, 0.25) is 0 Å². The van der Waals surface area contributed by atoms with E-state index in [1.165, 1.54) is 9.80 Å². The molecule has 0 aromatic heterocycles. The molecule has 0 aromatic carbocycles. The Morgan fingerprint density at radius 2 is 0.352 bits per heavy atom. The lowest BCUT2D eigenvalue weighted by Crippen LogP contribution is -2.41. The SMILES string of the molecule is CCCOC(=O)NCCCOC(=O)COCC(=O)OCCN(CCOC(=O)COCC(=O)OCCCNC(=O)OCCC)CC(=O)NCCCOC(=O)COCC(=O)OCCN(CC)CCOC(=O)COCC(=O)OCCCNC(=O)CN(CCOC(=O)COCC(=O)OCCCNC(=O)OCCC)CCOC(=O)COCC(=O)OCCCNC(=O)OCCC. The average molecular weight is 1810 g/mol. The Balaban J connectivity index is 4.82. The van der Waals surface area contributed by atoms with Gasteiger partial charge in [0.2, 0.25) is 11.8 Å². The van der Waals surface area contributed by atoms with Crippen molar-refractivity contribution in [3.63, 3.8) is 0 Å². The van der Waals surface area contributed by atoms with Gasteiger partial charge in [-0.3, -0.25) is 24.3 Å². The van der Waals surface area contributed by atoms with Gasteiger partial charge in [0.1, 0.15) is 119 Å². The van der Waals surface area contributed by atoms with Crippen molar-refractivity contribution in [2.75, 3.05) is 283 Å². The Morgan fingerprint density at radius 1 is 0.192 bits per heavy atom. The first-order valence-corrected chi connectivity index (χ1v) is 41.0. The number of ether oxygens (including phenoxy) is 22. The third-order valence-corrected chi connectivity index (χ3v) is 14.8. The predicted molar refractivity (Wildman–Crippen MR) is 424 cm³/mol. The van der Waals surface area contributed by atoms with E-state index in [-0.39, 0.29) is 210 Å². The Bertz CT molecular complexity index is 2780. The minimum Gasteiger partial charge on any atom is -0.464 e. The van der Waals surface area contributed by atoms with Gasteiger partial charge in [0.25, 0.3) is 0 Å². The zero-order chi connectivity index (χ0) is 92.4. The third-order valence-electron chi connectivity index (χ3n) is 14.8. The number of likely N-dealkylation sites (N-methyl/N-ethyl adjacent to an activating group) is 1. The molecule has 0 spiro atoms. The van der Waals surface area contributed by atoms with Crippen LogP contribution >= 0.6 is 0 Å². The highest BCUT2D eigenvalue weighted by Gasteiger charge is 2.20. The molecule has 0 unspecified atom stereocenters. The molecule has 0 saturated heterocycles. The van der Waals surface area contributed by atoms with Crippen molar-refractivity contribution in [3.8, 4) is 0 Å². The highest BCUT2D eigenvalue weighted by molar-refractivity contribution is 5.80. The summed E-state index contributed by atoms with van der Waals surface area (Å²) in [7, 11) is 0. The maximum atomic E-state index is 13.0. The molecule has 6 N–H and O–H groups in total. The van der Waals surface area contributed by atoms with Gasteiger partial charge in [-0.05, 0) is 70.8 Å². The second-order valence-electron chi connectivity index (χ2n) is 25.7. The molecule has 0 radical (unpaired) electrons. The van der Waals surface area contributed by atoms with Gasteiger partial charge < -0.3 is 136 Å². The summed E-state index contributed by atoms with van der Waals surface area (Å²) in [4.78, 5) is 224. The second kappa shape index (κ2) is 80.4. The van der Waals surface area contributed by atoms with Crippen LogP contribution in [0.25, 0.3) is 0 Å². The van der Waals surface area contributed by atoms with E-state index in [0.717, 1.165) is 0 Å². The molecule has 716 valence electrons. The molecule has 0 heterocycles. The molecule has 0 aliphatic rings. The topological polar surface area (TPSA) is 592 Å². The molecule has 0 fully saturated rings. The quantitative estimate of drug-likeness (QED) is 0.0211. The smallest absolute Gasteiger partial charge is 0.407 e. The largest absolute Gasteiger partial charge is 0.464 e. The Hall–Kier alpha value is -10.7. The fourth-order valence-corrected chi connectivity index (χ4v) is 8.77. The Labute approximate surface area is 724 Å². The number of nitrogens with zero attached hydrogens (tertiary/aromatic N) is 3. The molecule has 0 aliphatic heterocycles. The molecule has 0 aliphatic carbocycles. The lowest BCUT2D eigenvalue weighted by atomic mass is 10.4. The summed E-state index contributed by atoms with van der Waals surface area (Å²) in [6.45, 7) is 2.31. The van der Waals surface area contributed by atoms with Gasteiger partial charge >= 0.3 is 96.0 Å². The number of nitrogens with one attached hydrogen (secondary N) is 6. The number of hydrogen-bond acceptors (Lipinski definition) is 43. The summed E-state index contributed by atoms with van der Waals surface area (Å²) in [5.74, 6) is -10.8. The van der Waals surface area contributed by atoms with E-state index in [4.69, 9.17) is 104 Å². The van der Waals surface area contributed by atoms with Crippen LogP contribution in [0.1, 0.15) is 98.8 Å².